The lowest BCUT2D eigenvalue weighted by atomic mass is 10.0. The number of carbonyl (C=O) groups excluding carboxylic acids is 1. The Kier molecular flexibility index (Phi) is 3.14. The molecule has 0 radical (unpaired) electrons. The molecule has 0 aliphatic rings. The molecule has 4 aromatic carbocycles. The van der Waals surface area contributed by atoms with Crippen molar-refractivity contribution in [2.24, 2.45) is 0 Å². The second-order valence-corrected chi connectivity index (χ2v) is 9.80. The van der Waals surface area contributed by atoms with Crippen molar-refractivity contribution in [2.45, 2.75) is 6.92 Å². The molecule has 7 aromatic rings. The predicted octanol–water partition coefficient (Wildman–Crippen LogP) is 8.19. The number of hydrogen-bond donors (Lipinski definition) is 0. The molecule has 0 fully saturated rings. The van der Waals surface area contributed by atoms with E-state index >= 15 is 0 Å². The third-order valence-electron chi connectivity index (χ3n) is 6.09. The van der Waals surface area contributed by atoms with E-state index in [2.05, 4.69) is 72.8 Å². The Morgan fingerprint density at radius 3 is 1.57 bits per heavy atom. The second kappa shape index (κ2) is 5.69. The molecule has 0 aliphatic carbocycles. The molecule has 0 amide bonds. The summed E-state index contributed by atoms with van der Waals surface area (Å²) < 4.78 is 4.40. The molecule has 0 spiro atoms. The van der Waals surface area contributed by atoms with Crippen LogP contribution in [0.2, 0.25) is 0 Å². The number of rotatable bonds is 0. The summed E-state index contributed by atoms with van der Waals surface area (Å²) >= 11 is 3.45. The van der Waals surface area contributed by atoms with E-state index in [0.29, 0.717) is 0 Å². The van der Waals surface area contributed by atoms with E-state index in [1.807, 2.05) is 4.57 Å². The highest BCUT2D eigenvalue weighted by Crippen LogP contribution is 2.49. The van der Waals surface area contributed by atoms with Crippen LogP contribution in [0.1, 0.15) is 11.7 Å². The minimum Gasteiger partial charge on any atom is -0.274 e. The van der Waals surface area contributed by atoms with Crippen molar-refractivity contribution in [1.82, 2.24) is 4.57 Å². The number of benzene rings is 4. The predicted molar refractivity (Wildman–Crippen MR) is 132 cm³/mol. The monoisotopic (exact) mass is 421 g/mol. The van der Waals surface area contributed by atoms with Crippen molar-refractivity contribution in [3.05, 3.63) is 72.8 Å². The second-order valence-electron chi connectivity index (χ2n) is 7.74. The number of hydrogen-bond acceptors (Lipinski definition) is 3. The van der Waals surface area contributed by atoms with E-state index in [0.717, 1.165) is 9.66 Å². The summed E-state index contributed by atoms with van der Waals surface area (Å²) in [5.74, 6) is 0.0710. The highest BCUT2D eigenvalue weighted by molar-refractivity contribution is 7.29. The van der Waals surface area contributed by atoms with Crippen molar-refractivity contribution < 1.29 is 4.79 Å². The average Bonchev–Trinajstić information content (AvgIpc) is 3.39. The lowest BCUT2D eigenvalue weighted by Crippen LogP contribution is -2.02. The molecule has 0 N–H and O–H groups in total. The zero-order valence-electron chi connectivity index (χ0n) is 16.1. The van der Waals surface area contributed by atoms with E-state index in [9.17, 15) is 4.79 Å². The topological polar surface area (TPSA) is 22.0 Å². The average molecular weight is 422 g/mol. The van der Waals surface area contributed by atoms with Crippen LogP contribution >= 0.6 is 22.7 Å². The standard InChI is InChI=1S/C26H15NOS2/c1-14(28)27-25-23(21-17-8-4-2-6-15(17)10-12-19(21)29-25)24-22-18-9-5-3-7-16(18)11-13-20(22)30-26(24)27/h2-13H,1H3. The molecule has 3 aromatic heterocycles. The fourth-order valence-corrected chi connectivity index (χ4v) is 7.48. The first kappa shape index (κ1) is 16.6. The van der Waals surface area contributed by atoms with E-state index < -0.39 is 0 Å². The van der Waals surface area contributed by atoms with Crippen molar-refractivity contribution in [2.75, 3.05) is 0 Å². The molecule has 0 saturated heterocycles. The molecule has 30 heavy (non-hydrogen) atoms. The van der Waals surface area contributed by atoms with Crippen molar-refractivity contribution in [3.8, 4) is 0 Å². The Morgan fingerprint density at radius 2 is 1.10 bits per heavy atom. The van der Waals surface area contributed by atoms with Crippen LogP contribution in [-0.2, 0) is 0 Å². The molecule has 2 nitrogen and oxygen atoms in total. The Hall–Kier alpha value is -3.21. The zero-order chi connectivity index (χ0) is 20.0. The lowest BCUT2D eigenvalue weighted by molar-refractivity contribution is 0.0947. The van der Waals surface area contributed by atoms with Gasteiger partial charge in [0.25, 0.3) is 0 Å². The van der Waals surface area contributed by atoms with Gasteiger partial charge in [0.05, 0.1) is 0 Å². The van der Waals surface area contributed by atoms with Crippen LogP contribution < -0.4 is 0 Å². The van der Waals surface area contributed by atoms with Gasteiger partial charge in [0.2, 0.25) is 5.91 Å². The lowest BCUT2D eigenvalue weighted by Gasteiger charge is -2.01. The van der Waals surface area contributed by atoms with Crippen molar-refractivity contribution in [3.63, 3.8) is 0 Å². The molecule has 0 bridgehead atoms. The number of nitrogens with zero attached hydrogens (tertiary/aromatic N) is 1. The number of aromatic nitrogens is 1. The summed E-state index contributed by atoms with van der Waals surface area (Å²) in [5, 5.41) is 9.96. The molecule has 0 atom stereocenters. The third kappa shape index (κ3) is 1.95. The van der Waals surface area contributed by atoms with Gasteiger partial charge in [0, 0.05) is 37.9 Å². The highest BCUT2D eigenvalue weighted by Gasteiger charge is 2.24. The first-order valence-corrected chi connectivity index (χ1v) is 11.6. The van der Waals surface area contributed by atoms with Gasteiger partial charge in [0.15, 0.2) is 0 Å². The van der Waals surface area contributed by atoms with Gasteiger partial charge >= 0.3 is 0 Å². The largest absolute Gasteiger partial charge is 0.274 e. The summed E-state index contributed by atoms with van der Waals surface area (Å²) in [6.45, 7) is 1.67. The van der Waals surface area contributed by atoms with Crippen LogP contribution in [0.3, 0.4) is 0 Å². The first-order valence-electron chi connectivity index (χ1n) is 9.92. The molecular weight excluding hydrogens is 406 g/mol. The first-order chi connectivity index (χ1) is 14.7. The Balaban J connectivity index is 1.88. The fourth-order valence-electron chi connectivity index (χ4n) is 4.87. The maximum absolute atomic E-state index is 12.8. The summed E-state index contributed by atoms with van der Waals surface area (Å²) in [7, 11) is 0. The van der Waals surface area contributed by atoms with Gasteiger partial charge in [-0.05, 0) is 33.7 Å². The number of thiophene rings is 2. The summed E-state index contributed by atoms with van der Waals surface area (Å²) in [6.07, 6.45) is 0. The van der Waals surface area contributed by atoms with E-state index in [4.69, 9.17) is 0 Å². The van der Waals surface area contributed by atoms with Gasteiger partial charge in [-0.3, -0.25) is 9.36 Å². The van der Waals surface area contributed by atoms with Crippen LogP contribution in [0.4, 0.5) is 0 Å². The molecule has 0 aliphatic heterocycles. The van der Waals surface area contributed by atoms with E-state index in [1.165, 1.54) is 52.5 Å². The SMILES string of the molecule is CC(=O)n1c2sc3ccc4ccccc4c3c2c2c3c(ccc4ccccc43)sc21. The third-order valence-corrected chi connectivity index (χ3v) is 8.37. The molecule has 0 unspecified atom stereocenters. The van der Waals surface area contributed by atoms with Gasteiger partial charge in [-0.2, -0.15) is 0 Å². The highest BCUT2D eigenvalue weighted by atomic mass is 32.1. The normalized spacial score (nSPS) is 12.3. The van der Waals surface area contributed by atoms with Crippen LogP contribution in [-0.4, -0.2) is 10.5 Å². The van der Waals surface area contributed by atoms with Crippen LogP contribution in [0.25, 0.3) is 62.2 Å². The minimum atomic E-state index is 0.0710. The van der Waals surface area contributed by atoms with Crippen LogP contribution in [0, 0.1) is 0 Å². The number of fused-ring (bicyclic) bond motifs is 11. The summed E-state index contributed by atoms with van der Waals surface area (Å²) in [4.78, 5) is 14.9. The van der Waals surface area contributed by atoms with Crippen molar-refractivity contribution >= 4 is 90.7 Å². The maximum Gasteiger partial charge on any atom is 0.229 e. The van der Waals surface area contributed by atoms with Gasteiger partial charge in [-0.15, -0.1) is 22.7 Å². The van der Waals surface area contributed by atoms with Gasteiger partial charge < -0.3 is 0 Å². The Bertz CT molecular complexity index is 1700. The smallest absolute Gasteiger partial charge is 0.229 e. The molecule has 3 heterocycles. The van der Waals surface area contributed by atoms with Gasteiger partial charge in [0.1, 0.15) is 9.66 Å². The summed E-state index contributed by atoms with van der Waals surface area (Å²) in [6, 6.07) is 25.9. The fraction of sp³-hybridized carbons (Fsp3) is 0.0385. The molecule has 142 valence electrons. The number of carbonyl (C=O) groups is 1. The van der Waals surface area contributed by atoms with Gasteiger partial charge in [-0.25, -0.2) is 0 Å². The van der Waals surface area contributed by atoms with Gasteiger partial charge in [-0.1, -0.05) is 60.7 Å². The van der Waals surface area contributed by atoms with Crippen LogP contribution in [0.15, 0.2) is 72.8 Å². The maximum atomic E-state index is 12.8. The van der Waals surface area contributed by atoms with Crippen molar-refractivity contribution in [1.29, 1.82) is 0 Å². The molecular formula is C26H15NOS2. The van der Waals surface area contributed by atoms with E-state index in [1.54, 1.807) is 29.6 Å². The Labute approximate surface area is 179 Å². The van der Waals surface area contributed by atoms with Crippen LogP contribution in [0.5, 0.6) is 0 Å². The zero-order valence-corrected chi connectivity index (χ0v) is 17.7. The minimum absolute atomic E-state index is 0.0710. The molecule has 0 saturated carbocycles. The molecule has 7 rings (SSSR count). The Morgan fingerprint density at radius 1 is 0.633 bits per heavy atom. The molecule has 4 heteroatoms. The van der Waals surface area contributed by atoms with E-state index in [-0.39, 0.29) is 5.91 Å². The summed E-state index contributed by atoms with van der Waals surface area (Å²) in [5.41, 5.74) is 0. The quantitative estimate of drug-likeness (QED) is 0.242.